The average Bonchev–Trinajstić information content (AvgIpc) is 2.69. The van der Waals surface area contributed by atoms with Crippen molar-refractivity contribution in [1.29, 1.82) is 0 Å². The van der Waals surface area contributed by atoms with Crippen LogP contribution in [-0.2, 0) is 11.3 Å². The highest BCUT2D eigenvalue weighted by Gasteiger charge is 2.22. The Morgan fingerprint density at radius 2 is 2.11 bits per heavy atom. The van der Waals surface area contributed by atoms with Gasteiger partial charge < -0.3 is 20.5 Å². The molecule has 28 heavy (non-hydrogen) atoms. The first kappa shape index (κ1) is 22.3. The standard InChI is InChI=1S/C20H24ClN3O3.ClH/c1-26-19-10-18(22)17(21)9-16(19)20(25)23-11-15-13-24(7-8-27-15)12-14-5-3-2-4-6-14;/h2-6,9-10,15H,7-8,11-13,22H2,1H3,(H,23,25);1H. The lowest BCUT2D eigenvalue weighted by atomic mass is 10.1. The van der Waals surface area contributed by atoms with Crippen LogP contribution in [0.5, 0.6) is 5.75 Å². The van der Waals surface area contributed by atoms with Gasteiger partial charge in [-0.15, -0.1) is 12.4 Å². The fraction of sp³-hybridized carbons (Fsp3) is 0.350. The van der Waals surface area contributed by atoms with Gasteiger partial charge in [-0.2, -0.15) is 0 Å². The van der Waals surface area contributed by atoms with Crippen molar-refractivity contribution in [2.24, 2.45) is 0 Å². The molecule has 1 amide bonds. The molecular formula is C20H25Cl2N3O3. The van der Waals surface area contributed by atoms with E-state index in [-0.39, 0.29) is 24.4 Å². The number of methoxy groups -OCH3 is 1. The van der Waals surface area contributed by atoms with Crippen LogP contribution in [0.3, 0.4) is 0 Å². The fourth-order valence-electron chi connectivity index (χ4n) is 3.11. The highest BCUT2D eigenvalue weighted by Crippen LogP contribution is 2.28. The molecule has 1 heterocycles. The second-order valence-electron chi connectivity index (χ2n) is 6.50. The monoisotopic (exact) mass is 425 g/mol. The summed E-state index contributed by atoms with van der Waals surface area (Å²) in [4.78, 5) is 14.9. The fourth-order valence-corrected chi connectivity index (χ4v) is 3.27. The van der Waals surface area contributed by atoms with Crippen LogP contribution in [0.2, 0.25) is 5.02 Å². The number of halogens is 2. The molecular weight excluding hydrogens is 401 g/mol. The zero-order chi connectivity index (χ0) is 19.2. The Morgan fingerprint density at radius 3 is 2.82 bits per heavy atom. The number of nitrogen functional groups attached to an aromatic ring is 1. The maximum Gasteiger partial charge on any atom is 0.255 e. The smallest absolute Gasteiger partial charge is 0.255 e. The summed E-state index contributed by atoms with van der Waals surface area (Å²) >= 11 is 6.04. The van der Waals surface area contributed by atoms with Gasteiger partial charge in [-0.05, 0) is 11.6 Å². The summed E-state index contributed by atoms with van der Waals surface area (Å²) in [6.07, 6.45) is -0.0679. The molecule has 0 saturated carbocycles. The van der Waals surface area contributed by atoms with Crippen LogP contribution in [-0.4, -0.2) is 50.3 Å². The van der Waals surface area contributed by atoms with E-state index in [9.17, 15) is 4.79 Å². The molecule has 0 bridgehead atoms. The van der Waals surface area contributed by atoms with E-state index in [1.807, 2.05) is 18.2 Å². The number of amides is 1. The molecule has 3 rings (SSSR count). The zero-order valence-corrected chi connectivity index (χ0v) is 17.3. The highest BCUT2D eigenvalue weighted by molar-refractivity contribution is 6.33. The van der Waals surface area contributed by atoms with Crippen molar-refractivity contribution in [2.75, 3.05) is 39.1 Å². The number of anilines is 1. The van der Waals surface area contributed by atoms with Gasteiger partial charge >= 0.3 is 0 Å². The van der Waals surface area contributed by atoms with Crippen molar-refractivity contribution >= 4 is 35.6 Å². The van der Waals surface area contributed by atoms with Crippen molar-refractivity contribution in [3.05, 3.63) is 58.6 Å². The second-order valence-corrected chi connectivity index (χ2v) is 6.90. The van der Waals surface area contributed by atoms with Crippen LogP contribution in [0.25, 0.3) is 0 Å². The van der Waals surface area contributed by atoms with E-state index in [1.165, 1.54) is 18.7 Å². The van der Waals surface area contributed by atoms with Gasteiger partial charge in [0.1, 0.15) is 5.75 Å². The molecule has 2 aromatic rings. The van der Waals surface area contributed by atoms with E-state index in [2.05, 4.69) is 22.3 Å². The number of benzene rings is 2. The minimum atomic E-state index is -0.266. The third kappa shape index (κ3) is 5.75. The molecule has 6 nitrogen and oxygen atoms in total. The first-order valence-corrected chi connectivity index (χ1v) is 9.23. The van der Waals surface area contributed by atoms with Crippen molar-refractivity contribution in [1.82, 2.24) is 10.2 Å². The van der Waals surface area contributed by atoms with Crippen LogP contribution in [0.15, 0.2) is 42.5 Å². The largest absolute Gasteiger partial charge is 0.496 e. The lowest BCUT2D eigenvalue weighted by Gasteiger charge is -2.33. The number of hydrogen-bond acceptors (Lipinski definition) is 5. The Kier molecular flexibility index (Phi) is 8.38. The predicted molar refractivity (Wildman–Crippen MR) is 113 cm³/mol. The summed E-state index contributed by atoms with van der Waals surface area (Å²) in [5.74, 6) is 0.127. The van der Waals surface area contributed by atoms with E-state index in [0.29, 0.717) is 35.2 Å². The van der Waals surface area contributed by atoms with Crippen LogP contribution < -0.4 is 15.8 Å². The molecule has 0 aliphatic carbocycles. The van der Waals surface area contributed by atoms with E-state index in [0.717, 1.165) is 19.6 Å². The minimum absolute atomic E-state index is 0. The number of ether oxygens (including phenoxy) is 2. The quantitative estimate of drug-likeness (QED) is 0.695. The Labute approximate surface area is 176 Å². The summed E-state index contributed by atoms with van der Waals surface area (Å²) in [5.41, 5.74) is 7.76. The zero-order valence-electron chi connectivity index (χ0n) is 15.7. The van der Waals surface area contributed by atoms with Gasteiger partial charge in [-0.3, -0.25) is 9.69 Å². The molecule has 1 atom stereocenters. The number of nitrogens with one attached hydrogen (secondary N) is 1. The third-order valence-corrected chi connectivity index (χ3v) is 4.85. The van der Waals surface area contributed by atoms with Gasteiger partial charge in [0.25, 0.3) is 5.91 Å². The van der Waals surface area contributed by atoms with E-state index >= 15 is 0 Å². The Bertz CT molecular complexity index is 790. The topological polar surface area (TPSA) is 76.8 Å². The number of carbonyl (C=O) groups is 1. The average molecular weight is 426 g/mol. The van der Waals surface area contributed by atoms with Gasteiger partial charge in [0, 0.05) is 32.2 Å². The lowest BCUT2D eigenvalue weighted by molar-refractivity contribution is -0.0292. The minimum Gasteiger partial charge on any atom is -0.496 e. The SMILES string of the molecule is COc1cc(N)c(Cl)cc1C(=O)NCC1CN(Cc2ccccc2)CCO1.Cl. The van der Waals surface area contributed by atoms with Crippen LogP contribution in [0.4, 0.5) is 5.69 Å². The maximum atomic E-state index is 12.5. The molecule has 0 aromatic heterocycles. The predicted octanol–water partition coefficient (Wildman–Crippen LogP) is 2.98. The first-order valence-electron chi connectivity index (χ1n) is 8.86. The molecule has 1 unspecified atom stereocenters. The lowest BCUT2D eigenvalue weighted by Crippen LogP contribution is -2.47. The first-order chi connectivity index (χ1) is 13.1. The van der Waals surface area contributed by atoms with Gasteiger partial charge in [-0.1, -0.05) is 41.9 Å². The molecule has 1 fully saturated rings. The van der Waals surface area contributed by atoms with E-state index in [1.54, 1.807) is 6.07 Å². The van der Waals surface area contributed by atoms with Gasteiger partial charge in [-0.25, -0.2) is 0 Å². The van der Waals surface area contributed by atoms with Crippen molar-refractivity contribution in [2.45, 2.75) is 12.6 Å². The third-order valence-electron chi connectivity index (χ3n) is 4.53. The molecule has 1 aliphatic heterocycles. The Morgan fingerprint density at radius 1 is 1.36 bits per heavy atom. The second kappa shape index (κ2) is 10.5. The van der Waals surface area contributed by atoms with Crippen LogP contribution in [0.1, 0.15) is 15.9 Å². The van der Waals surface area contributed by atoms with Gasteiger partial charge in [0.2, 0.25) is 0 Å². The number of carbonyl (C=O) groups excluding carboxylic acids is 1. The number of morpholine rings is 1. The molecule has 1 aliphatic rings. The summed E-state index contributed by atoms with van der Waals surface area (Å²) in [6.45, 7) is 3.56. The van der Waals surface area contributed by atoms with Crippen molar-refractivity contribution in [3.63, 3.8) is 0 Å². The summed E-state index contributed by atoms with van der Waals surface area (Å²) < 4.78 is 11.0. The van der Waals surface area contributed by atoms with E-state index in [4.69, 9.17) is 26.8 Å². The molecule has 2 aromatic carbocycles. The normalized spacial score (nSPS) is 16.9. The van der Waals surface area contributed by atoms with E-state index < -0.39 is 0 Å². The van der Waals surface area contributed by atoms with Crippen molar-refractivity contribution in [3.8, 4) is 5.75 Å². The number of nitrogens with zero attached hydrogens (tertiary/aromatic N) is 1. The molecule has 152 valence electrons. The van der Waals surface area contributed by atoms with Crippen LogP contribution >= 0.6 is 24.0 Å². The molecule has 1 saturated heterocycles. The molecule has 8 heteroatoms. The summed E-state index contributed by atoms with van der Waals surface area (Å²) in [6, 6.07) is 13.4. The molecule has 0 radical (unpaired) electrons. The molecule has 3 N–H and O–H groups in total. The highest BCUT2D eigenvalue weighted by atomic mass is 35.5. The van der Waals surface area contributed by atoms with Crippen molar-refractivity contribution < 1.29 is 14.3 Å². The van der Waals surface area contributed by atoms with Gasteiger partial charge in [0.05, 0.1) is 36.1 Å². The summed E-state index contributed by atoms with van der Waals surface area (Å²) in [7, 11) is 1.49. The Hall–Kier alpha value is -1.99. The maximum absolute atomic E-state index is 12.5. The molecule has 0 spiro atoms. The van der Waals surface area contributed by atoms with Crippen LogP contribution in [0, 0.1) is 0 Å². The Balaban J connectivity index is 0.00000280. The number of hydrogen-bond donors (Lipinski definition) is 2. The number of rotatable bonds is 6. The number of nitrogens with two attached hydrogens (primary N) is 1. The summed E-state index contributed by atoms with van der Waals surface area (Å²) in [5, 5.41) is 3.23. The van der Waals surface area contributed by atoms with Gasteiger partial charge in [0.15, 0.2) is 0 Å².